The van der Waals surface area contributed by atoms with Crippen molar-refractivity contribution in [2.45, 2.75) is 6.92 Å². The van der Waals surface area contributed by atoms with Gasteiger partial charge in [0.25, 0.3) is 5.91 Å². The van der Waals surface area contributed by atoms with Crippen LogP contribution in [0.15, 0.2) is 64.1 Å². The number of carbonyl (C=O) groups excluding carboxylic acids is 2. The van der Waals surface area contributed by atoms with E-state index in [2.05, 4.69) is 38.4 Å². The first-order chi connectivity index (χ1) is 15.0. The van der Waals surface area contributed by atoms with Crippen LogP contribution in [0.2, 0.25) is 5.02 Å². The minimum absolute atomic E-state index is 0.0861. The van der Waals surface area contributed by atoms with Gasteiger partial charge in [0.15, 0.2) is 0 Å². The van der Waals surface area contributed by atoms with Gasteiger partial charge in [0.1, 0.15) is 11.5 Å². The number of amides is 1. The predicted molar refractivity (Wildman–Crippen MR) is 128 cm³/mol. The van der Waals surface area contributed by atoms with Crippen LogP contribution in [0.3, 0.4) is 0 Å². The van der Waals surface area contributed by atoms with Crippen molar-refractivity contribution in [2.75, 3.05) is 18.5 Å². The number of ether oxygens (including phenoxy) is 1. The van der Waals surface area contributed by atoms with Crippen LogP contribution in [0.1, 0.15) is 23.0 Å². The molecule has 9 heteroatoms. The van der Waals surface area contributed by atoms with E-state index in [4.69, 9.17) is 20.8 Å². The molecule has 7 nitrogen and oxygen atoms in total. The van der Waals surface area contributed by atoms with Crippen molar-refractivity contribution in [3.8, 4) is 11.3 Å². The second-order valence-electron chi connectivity index (χ2n) is 6.27. The van der Waals surface area contributed by atoms with Gasteiger partial charge in [-0.15, -0.1) is 0 Å². The van der Waals surface area contributed by atoms with Crippen LogP contribution >= 0.6 is 34.2 Å². The lowest BCUT2D eigenvalue weighted by molar-refractivity contribution is -0.119. The molecule has 3 rings (SSSR count). The van der Waals surface area contributed by atoms with E-state index in [0.29, 0.717) is 22.1 Å². The van der Waals surface area contributed by atoms with Gasteiger partial charge >= 0.3 is 5.97 Å². The van der Waals surface area contributed by atoms with Gasteiger partial charge in [0, 0.05) is 14.8 Å². The smallest absolute Gasteiger partial charge is 0.339 e. The van der Waals surface area contributed by atoms with E-state index in [-0.39, 0.29) is 24.6 Å². The lowest BCUT2D eigenvalue weighted by Crippen LogP contribution is -2.25. The summed E-state index contributed by atoms with van der Waals surface area (Å²) in [5.74, 6) is 0.173. The molecule has 1 amide bonds. The summed E-state index contributed by atoms with van der Waals surface area (Å²) < 4.78 is 11.8. The van der Waals surface area contributed by atoms with Crippen molar-refractivity contribution < 1.29 is 18.7 Å². The van der Waals surface area contributed by atoms with Crippen molar-refractivity contribution in [2.24, 2.45) is 5.10 Å². The summed E-state index contributed by atoms with van der Waals surface area (Å²) in [6, 6.07) is 16.1. The number of furan rings is 1. The molecule has 0 saturated heterocycles. The van der Waals surface area contributed by atoms with Crippen LogP contribution in [-0.4, -0.2) is 31.2 Å². The third kappa shape index (κ3) is 6.56. The van der Waals surface area contributed by atoms with Crippen molar-refractivity contribution in [1.29, 1.82) is 0 Å². The molecule has 0 aliphatic carbocycles. The van der Waals surface area contributed by atoms with E-state index in [1.807, 2.05) is 24.3 Å². The monoisotopic (exact) mass is 551 g/mol. The molecule has 0 unspecified atom stereocenters. The van der Waals surface area contributed by atoms with E-state index >= 15 is 0 Å². The molecule has 0 spiro atoms. The zero-order valence-electron chi connectivity index (χ0n) is 16.5. The summed E-state index contributed by atoms with van der Waals surface area (Å²) in [7, 11) is 0. The standard InChI is InChI=1S/C22H19ClIN3O4/c1-2-30-22(29)18-11-14(3-9-19(18)23)20-10-8-17(31-20)12-26-27-21(28)13-25-16-6-4-15(24)5-7-16/h3-12,25H,2,13H2,1H3,(H,27,28)/b26-12+. The average Bonchev–Trinajstić information content (AvgIpc) is 3.23. The van der Waals surface area contributed by atoms with Crippen LogP contribution in [0.25, 0.3) is 11.3 Å². The minimum Gasteiger partial charge on any atom is -0.462 e. The highest BCUT2D eigenvalue weighted by atomic mass is 127. The van der Waals surface area contributed by atoms with E-state index in [0.717, 1.165) is 9.26 Å². The van der Waals surface area contributed by atoms with Gasteiger partial charge in [-0.2, -0.15) is 5.10 Å². The Balaban J connectivity index is 1.57. The number of esters is 1. The predicted octanol–water partition coefficient (Wildman–Crippen LogP) is 4.94. The molecule has 0 bridgehead atoms. The second kappa shape index (κ2) is 11.0. The zero-order valence-corrected chi connectivity index (χ0v) is 19.4. The van der Waals surface area contributed by atoms with Gasteiger partial charge in [-0.05, 0) is 84.1 Å². The van der Waals surface area contributed by atoms with E-state index in [1.165, 1.54) is 6.21 Å². The van der Waals surface area contributed by atoms with Gasteiger partial charge < -0.3 is 14.5 Å². The quantitative estimate of drug-likeness (QED) is 0.179. The highest BCUT2D eigenvalue weighted by Crippen LogP contribution is 2.27. The van der Waals surface area contributed by atoms with Gasteiger partial charge in [-0.25, -0.2) is 10.2 Å². The van der Waals surface area contributed by atoms with Gasteiger partial charge in [-0.1, -0.05) is 11.6 Å². The summed E-state index contributed by atoms with van der Waals surface area (Å²) in [6.45, 7) is 2.07. The van der Waals surface area contributed by atoms with Gasteiger partial charge in [0.05, 0.1) is 30.0 Å². The molecular formula is C22H19ClIN3O4. The Morgan fingerprint density at radius 1 is 1.16 bits per heavy atom. The fourth-order valence-electron chi connectivity index (χ4n) is 2.58. The molecule has 0 aliphatic rings. The number of anilines is 1. The minimum atomic E-state index is -0.496. The number of carbonyl (C=O) groups is 2. The van der Waals surface area contributed by atoms with Crippen molar-refractivity contribution in [3.63, 3.8) is 0 Å². The van der Waals surface area contributed by atoms with Crippen LogP contribution in [0.5, 0.6) is 0 Å². The number of hydrogen-bond donors (Lipinski definition) is 2. The number of nitrogens with zero attached hydrogens (tertiary/aromatic N) is 1. The molecule has 160 valence electrons. The molecule has 0 saturated carbocycles. The molecule has 1 aromatic heterocycles. The molecule has 1 heterocycles. The highest BCUT2D eigenvalue weighted by Gasteiger charge is 2.14. The summed E-state index contributed by atoms with van der Waals surface area (Å²) in [5.41, 5.74) is 4.21. The SMILES string of the molecule is CCOC(=O)c1cc(-c2ccc(/C=N/NC(=O)CNc3ccc(I)cc3)o2)ccc1Cl. The van der Waals surface area contributed by atoms with E-state index < -0.39 is 5.97 Å². The number of benzene rings is 2. The highest BCUT2D eigenvalue weighted by molar-refractivity contribution is 14.1. The molecule has 31 heavy (non-hydrogen) atoms. The Labute approximate surface area is 197 Å². The normalized spacial score (nSPS) is 10.8. The van der Waals surface area contributed by atoms with E-state index in [9.17, 15) is 9.59 Å². The fourth-order valence-corrected chi connectivity index (χ4v) is 3.13. The second-order valence-corrected chi connectivity index (χ2v) is 7.92. The maximum absolute atomic E-state index is 12.0. The molecule has 2 aromatic carbocycles. The molecule has 3 aromatic rings. The summed E-state index contributed by atoms with van der Waals surface area (Å²) >= 11 is 8.31. The maximum Gasteiger partial charge on any atom is 0.339 e. The summed E-state index contributed by atoms with van der Waals surface area (Å²) in [6.07, 6.45) is 1.40. The molecule has 0 atom stereocenters. The Kier molecular flexibility index (Phi) is 8.07. The van der Waals surface area contributed by atoms with Gasteiger partial charge in [0.2, 0.25) is 0 Å². The van der Waals surface area contributed by atoms with E-state index in [1.54, 1.807) is 37.3 Å². The topological polar surface area (TPSA) is 92.9 Å². The molecular weight excluding hydrogens is 533 g/mol. The zero-order chi connectivity index (χ0) is 22.2. The third-order valence-electron chi connectivity index (χ3n) is 4.05. The Morgan fingerprint density at radius 3 is 2.68 bits per heavy atom. The number of rotatable bonds is 8. The van der Waals surface area contributed by atoms with Crippen LogP contribution in [0.4, 0.5) is 5.69 Å². The largest absolute Gasteiger partial charge is 0.462 e. The Hall–Kier alpha value is -2.85. The lowest BCUT2D eigenvalue weighted by atomic mass is 10.1. The fraction of sp³-hybridized carbons (Fsp3) is 0.136. The Bertz CT molecular complexity index is 1100. The summed E-state index contributed by atoms with van der Waals surface area (Å²) in [5, 5.41) is 7.22. The van der Waals surface area contributed by atoms with Gasteiger partial charge in [-0.3, -0.25) is 4.79 Å². The number of hydrazone groups is 1. The first kappa shape index (κ1) is 22.8. The number of nitrogens with one attached hydrogen (secondary N) is 2. The van der Waals surface area contributed by atoms with Crippen molar-refractivity contribution >= 4 is 58.0 Å². The maximum atomic E-state index is 12.0. The van der Waals surface area contributed by atoms with Crippen LogP contribution < -0.4 is 10.7 Å². The Morgan fingerprint density at radius 2 is 1.94 bits per heavy atom. The van der Waals surface area contributed by atoms with Crippen LogP contribution in [-0.2, 0) is 9.53 Å². The van der Waals surface area contributed by atoms with Crippen LogP contribution in [0, 0.1) is 3.57 Å². The number of hydrogen-bond acceptors (Lipinski definition) is 6. The molecule has 0 radical (unpaired) electrons. The third-order valence-corrected chi connectivity index (χ3v) is 5.10. The van der Waals surface area contributed by atoms with Crippen molar-refractivity contribution in [3.05, 3.63) is 74.5 Å². The summed E-state index contributed by atoms with van der Waals surface area (Å²) in [4.78, 5) is 23.9. The molecule has 0 aliphatic heterocycles. The average molecular weight is 552 g/mol. The van der Waals surface area contributed by atoms with Crippen molar-refractivity contribution in [1.82, 2.24) is 5.43 Å². The first-order valence-corrected chi connectivity index (χ1v) is 10.8. The number of halogens is 2. The molecule has 0 fully saturated rings. The first-order valence-electron chi connectivity index (χ1n) is 9.34. The lowest BCUT2D eigenvalue weighted by Gasteiger charge is -2.06. The molecule has 2 N–H and O–H groups in total.